The number of imidazole rings is 1. The molecule has 2 aliphatic heterocycles. The molecule has 0 bridgehead atoms. The molecule has 0 saturated carbocycles. The van der Waals surface area contributed by atoms with Crippen molar-refractivity contribution >= 4 is 17.6 Å². The largest absolute Gasteiger partial charge is 0.354 e. The number of likely N-dealkylation sites (tertiary alicyclic amines) is 1. The van der Waals surface area contributed by atoms with Crippen molar-refractivity contribution in [3.05, 3.63) is 48.5 Å². The van der Waals surface area contributed by atoms with E-state index in [1.54, 1.807) is 11.1 Å². The van der Waals surface area contributed by atoms with Gasteiger partial charge < -0.3 is 24.8 Å². The van der Waals surface area contributed by atoms with E-state index in [9.17, 15) is 9.59 Å². The standard InChI is InChI=1S/C22H29N5O3/c1-16(2)14-24-19(28)18-15-27-13-10-23-20(27)22(30-18)8-11-26(12-9-22)21(29)25-17-6-4-3-5-7-17/h3-7,10,13,16,18H,8-9,11-12,14-15H2,1-2H3,(H,24,28)(H,25,29). The molecule has 1 atom stereocenters. The summed E-state index contributed by atoms with van der Waals surface area (Å²) in [6, 6.07) is 9.30. The molecule has 2 N–H and O–H groups in total. The van der Waals surface area contributed by atoms with Crippen LogP contribution in [-0.2, 0) is 21.7 Å². The molecule has 1 fully saturated rings. The number of aromatic nitrogens is 2. The first-order valence-electron chi connectivity index (χ1n) is 10.5. The van der Waals surface area contributed by atoms with Crippen LogP contribution in [0.5, 0.6) is 0 Å². The summed E-state index contributed by atoms with van der Waals surface area (Å²) < 4.78 is 8.40. The third-order valence-electron chi connectivity index (χ3n) is 5.71. The van der Waals surface area contributed by atoms with E-state index in [0.717, 1.165) is 11.5 Å². The summed E-state index contributed by atoms with van der Waals surface area (Å²) >= 11 is 0. The van der Waals surface area contributed by atoms with Crippen molar-refractivity contribution in [2.75, 3.05) is 25.0 Å². The van der Waals surface area contributed by atoms with E-state index in [1.807, 2.05) is 41.1 Å². The Morgan fingerprint density at radius 2 is 1.97 bits per heavy atom. The number of ether oxygens (including phenoxy) is 1. The number of benzene rings is 1. The first-order valence-corrected chi connectivity index (χ1v) is 10.5. The van der Waals surface area contributed by atoms with Gasteiger partial charge in [-0.15, -0.1) is 0 Å². The van der Waals surface area contributed by atoms with Gasteiger partial charge in [-0.25, -0.2) is 9.78 Å². The van der Waals surface area contributed by atoms with E-state index in [-0.39, 0.29) is 11.9 Å². The van der Waals surface area contributed by atoms with Gasteiger partial charge in [0.1, 0.15) is 11.4 Å². The van der Waals surface area contributed by atoms with Gasteiger partial charge in [-0.2, -0.15) is 0 Å². The Kier molecular flexibility index (Phi) is 5.76. The molecule has 1 aromatic carbocycles. The fraction of sp³-hybridized carbons (Fsp3) is 0.500. The van der Waals surface area contributed by atoms with Gasteiger partial charge in [-0.3, -0.25) is 4.79 Å². The minimum atomic E-state index is -0.648. The van der Waals surface area contributed by atoms with E-state index in [2.05, 4.69) is 29.5 Å². The fourth-order valence-corrected chi connectivity index (χ4v) is 4.09. The van der Waals surface area contributed by atoms with Gasteiger partial charge in [0.2, 0.25) is 0 Å². The van der Waals surface area contributed by atoms with Crippen molar-refractivity contribution in [2.45, 2.75) is 44.9 Å². The maximum Gasteiger partial charge on any atom is 0.321 e. The summed E-state index contributed by atoms with van der Waals surface area (Å²) in [7, 11) is 0. The van der Waals surface area contributed by atoms with E-state index < -0.39 is 11.7 Å². The van der Waals surface area contributed by atoms with Crippen LogP contribution < -0.4 is 10.6 Å². The lowest BCUT2D eigenvalue weighted by molar-refractivity contribution is -0.171. The number of carbonyl (C=O) groups excluding carboxylic acids is 2. The van der Waals surface area contributed by atoms with Crippen LogP contribution in [0.1, 0.15) is 32.5 Å². The van der Waals surface area contributed by atoms with Crippen molar-refractivity contribution in [3.8, 4) is 0 Å². The summed E-state index contributed by atoms with van der Waals surface area (Å²) in [6.45, 7) is 6.27. The number of fused-ring (bicyclic) bond motifs is 2. The SMILES string of the molecule is CC(C)CNC(=O)C1Cn2ccnc2C2(CCN(C(=O)Nc3ccccc3)CC2)O1. The molecule has 1 saturated heterocycles. The van der Waals surface area contributed by atoms with Gasteiger partial charge in [0, 0.05) is 50.6 Å². The van der Waals surface area contributed by atoms with Crippen molar-refractivity contribution in [3.63, 3.8) is 0 Å². The lowest BCUT2D eigenvalue weighted by Crippen LogP contribution is -2.55. The van der Waals surface area contributed by atoms with Crippen LogP contribution in [0.2, 0.25) is 0 Å². The molecule has 30 heavy (non-hydrogen) atoms. The normalized spacial score (nSPS) is 20.1. The number of hydrogen-bond acceptors (Lipinski definition) is 4. The molecule has 0 aliphatic carbocycles. The smallest absolute Gasteiger partial charge is 0.321 e. The monoisotopic (exact) mass is 411 g/mol. The molecule has 3 amide bonds. The summed E-state index contributed by atoms with van der Waals surface area (Å²) in [4.78, 5) is 31.7. The van der Waals surface area contributed by atoms with E-state index in [4.69, 9.17) is 4.74 Å². The zero-order chi connectivity index (χ0) is 21.1. The van der Waals surface area contributed by atoms with Crippen LogP contribution in [0.3, 0.4) is 0 Å². The zero-order valence-corrected chi connectivity index (χ0v) is 17.5. The van der Waals surface area contributed by atoms with E-state index in [0.29, 0.717) is 44.9 Å². The molecule has 2 aromatic rings. The maximum atomic E-state index is 12.7. The summed E-state index contributed by atoms with van der Waals surface area (Å²) in [5.74, 6) is 1.13. The quantitative estimate of drug-likeness (QED) is 0.809. The molecule has 160 valence electrons. The van der Waals surface area contributed by atoms with Crippen LogP contribution in [0.25, 0.3) is 0 Å². The van der Waals surface area contributed by atoms with Crippen molar-refractivity contribution in [2.24, 2.45) is 5.92 Å². The Hall–Kier alpha value is -2.87. The first kappa shape index (κ1) is 20.4. The highest BCUT2D eigenvalue weighted by atomic mass is 16.5. The first-order chi connectivity index (χ1) is 14.5. The number of nitrogens with zero attached hydrogens (tertiary/aromatic N) is 3. The molecular formula is C22H29N5O3. The number of rotatable bonds is 4. The Balaban J connectivity index is 1.44. The van der Waals surface area contributed by atoms with Crippen LogP contribution in [0.15, 0.2) is 42.7 Å². The molecule has 1 unspecified atom stereocenters. The number of para-hydroxylation sites is 1. The summed E-state index contributed by atoms with van der Waals surface area (Å²) in [5, 5.41) is 5.91. The molecule has 8 heteroatoms. The number of nitrogens with one attached hydrogen (secondary N) is 2. The maximum absolute atomic E-state index is 12.7. The van der Waals surface area contributed by atoms with Crippen LogP contribution in [-0.4, -0.2) is 52.1 Å². The Morgan fingerprint density at radius 3 is 2.67 bits per heavy atom. The van der Waals surface area contributed by atoms with Gasteiger partial charge in [0.15, 0.2) is 6.10 Å². The van der Waals surface area contributed by atoms with Crippen LogP contribution in [0.4, 0.5) is 10.5 Å². The Labute approximate surface area is 176 Å². The second-order valence-electron chi connectivity index (χ2n) is 8.43. The average Bonchev–Trinajstić information content (AvgIpc) is 3.23. The van der Waals surface area contributed by atoms with Gasteiger partial charge in [-0.05, 0) is 18.1 Å². The zero-order valence-electron chi connectivity index (χ0n) is 17.5. The fourth-order valence-electron chi connectivity index (χ4n) is 4.09. The third-order valence-corrected chi connectivity index (χ3v) is 5.71. The molecule has 1 aromatic heterocycles. The lowest BCUT2D eigenvalue weighted by atomic mass is 9.88. The van der Waals surface area contributed by atoms with Crippen molar-refractivity contribution in [1.82, 2.24) is 19.8 Å². The topological polar surface area (TPSA) is 88.5 Å². The highest BCUT2D eigenvalue weighted by Gasteiger charge is 2.47. The van der Waals surface area contributed by atoms with Gasteiger partial charge in [0.05, 0.1) is 6.54 Å². The predicted molar refractivity (Wildman–Crippen MR) is 113 cm³/mol. The van der Waals surface area contributed by atoms with Crippen molar-refractivity contribution < 1.29 is 14.3 Å². The Bertz CT molecular complexity index is 887. The second kappa shape index (κ2) is 8.47. The number of anilines is 1. The lowest BCUT2D eigenvalue weighted by Gasteiger charge is -2.45. The van der Waals surface area contributed by atoms with E-state index in [1.165, 1.54) is 0 Å². The van der Waals surface area contributed by atoms with E-state index >= 15 is 0 Å². The molecular weight excluding hydrogens is 382 g/mol. The number of urea groups is 1. The van der Waals surface area contributed by atoms with Gasteiger partial charge in [-0.1, -0.05) is 32.0 Å². The highest BCUT2D eigenvalue weighted by molar-refractivity contribution is 5.89. The van der Waals surface area contributed by atoms with Gasteiger partial charge >= 0.3 is 6.03 Å². The molecule has 0 radical (unpaired) electrons. The highest BCUT2D eigenvalue weighted by Crippen LogP contribution is 2.40. The summed E-state index contributed by atoms with van der Waals surface area (Å²) in [6.07, 6.45) is 4.29. The number of piperidine rings is 1. The molecule has 1 spiro atoms. The van der Waals surface area contributed by atoms with Gasteiger partial charge in [0.25, 0.3) is 5.91 Å². The number of amides is 3. The van der Waals surface area contributed by atoms with Crippen molar-refractivity contribution in [1.29, 1.82) is 0 Å². The second-order valence-corrected chi connectivity index (χ2v) is 8.43. The molecule has 3 heterocycles. The minimum absolute atomic E-state index is 0.0910. The number of hydrogen-bond donors (Lipinski definition) is 2. The molecule has 2 aliphatic rings. The van der Waals surface area contributed by atoms with Crippen LogP contribution >= 0.6 is 0 Å². The predicted octanol–water partition coefficient (Wildman–Crippen LogP) is 2.58. The molecule has 4 rings (SSSR count). The average molecular weight is 412 g/mol. The molecule has 8 nitrogen and oxygen atoms in total. The minimum Gasteiger partial charge on any atom is -0.354 e. The number of carbonyl (C=O) groups is 2. The summed E-state index contributed by atoms with van der Waals surface area (Å²) in [5.41, 5.74) is 0.125. The third kappa shape index (κ3) is 4.18. The Morgan fingerprint density at radius 1 is 1.23 bits per heavy atom. The van der Waals surface area contributed by atoms with Crippen LogP contribution in [0, 0.1) is 5.92 Å².